The first-order chi connectivity index (χ1) is 22.7. The number of hydrogen-bond donors (Lipinski definition) is 0. The summed E-state index contributed by atoms with van der Waals surface area (Å²) in [7, 11) is 0. The monoisotopic (exact) mass is 591 g/mol. The van der Waals surface area contributed by atoms with Crippen molar-refractivity contribution in [3.8, 4) is 33.4 Å². The highest BCUT2D eigenvalue weighted by atomic mass is 15.1. The van der Waals surface area contributed by atoms with Gasteiger partial charge in [0.05, 0.1) is 11.4 Å². The summed E-state index contributed by atoms with van der Waals surface area (Å²) in [6.07, 6.45) is 2.11. The van der Waals surface area contributed by atoms with E-state index in [4.69, 9.17) is 0 Å². The van der Waals surface area contributed by atoms with Crippen LogP contribution in [0.2, 0.25) is 0 Å². The van der Waals surface area contributed by atoms with Crippen LogP contribution in [-0.4, -0.2) is 0 Å². The predicted octanol–water partition coefficient (Wildman–Crippen LogP) is 12.7. The average Bonchev–Trinajstić information content (AvgIpc) is 3.42. The highest BCUT2D eigenvalue weighted by Crippen LogP contribution is 2.59. The fourth-order valence-electron chi connectivity index (χ4n) is 7.94. The standard InChI is InChI=1S/C45H37N/c1-3-45(4-2)40-29-17-15-28-39(40)43-41(45)31-33-21-11-12-25-36(33)44(43)46(34-22-9-6-10-23-34)42-30-18-16-27-38(42)37-26-14-13-24-35(37)32-19-7-5-8-20-32/h5-31H,3-4H2,1-2H3. The topological polar surface area (TPSA) is 3.24 Å². The second kappa shape index (κ2) is 11.5. The smallest absolute Gasteiger partial charge is 0.0621 e. The molecular weight excluding hydrogens is 555 g/mol. The summed E-state index contributed by atoms with van der Waals surface area (Å²) < 4.78 is 0. The molecule has 0 unspecified atom stereocenters. The van der Waals surface area contributed by atoms with Crippen LogP contribution in [-0.2, 0) is 5.41 Å². The predicted molar refractivity (Wildman–Crippen MR) is 196 cm³/mol. The molecule has 0 saturated carbocycles. The molecule has 1 nitrogen and oxygen atoms in total. The van der Waals surface area contributed by atoms with Gasteiger partial charge in [0.1, 0.15) is 0 Å². The normalized spacial score (nSPS) is 12.9. The maximum absolute atomic E-state index is 2.54. The van der Waals surface area contributed by atoms with E-state index in [9.17, 15) is 0 Å². The van der Waals surface area contributed by atoms with Gasteiger partial charge in [-0.15, -0.1) is 0 Å². The Balaban J connectivity index is 1.50. The van der Waals surface area contributed by atoms with Gasteiger partial charge in [-0.1, -0.05) is 153 Å². The third-order valence-electron chi connectivity index (χ3n) is 10.1. The van der Waals surface area contributed by atoms with Crippen molar-refractivity contribution in [2.75, 3.05) is 4.90 Å². The van der Waals surface area contributed by atoms with E-state index < -0.39 is 0 Å². The Kier molecular flexibility index (Phi) is 7.03. The zero-order valence-electron chi connectivity index (χ0n) is 26.4. The second-order valence-electron chi connectivity index (χ2n) is 12.3. The Morgan fingerprint density at radius 1 is 0.478 bits per heavy atom. The Morgan fingerprint density at radius 2 is 1.04 bits per heavy atom. The van der Waals surface area contributed by atoms with E-state index in [1.54, 1.807) is 0 Å². The molecule has 0 atom stereocenters. The molecule has 1 heteroatoms. The van der Waals surface area contributed by atoms with Crippen molar-refractivity contribution in [3.05, 3.63) is 175 Å². The SMILES string of the molecule is CCC1(CC)c2ccccc2-c2c1cc1ccccc1c2N(c1ccccc1)c1ccccc1-c1ccccc1-c1ccccc1. The van der Waals surface area contributed by atoms with Crippen molar-refractivity contribution in [1.29, 1.82) is 0 Å². The number of anilines is 3. The van der Waals surface area contributed by atoms with Gasteiger partial charge in [0, 0.05) is 27.6 Å². The van der Waals surface area contributed by atoms with Gasteiger partial charge in [-0.05, 0) is 75.9 Å². The Hall–Kier alpha value is -5.40. The summed E-state index contributed by atoms with van der Waals surface area (Å²) in [5, 5.41) is 2.53. The fraction of sp³-hybridized carbons (Fsp3) is 0.111. The molecule has 0 fully saturated rings. The van der Waals surface area contributed by atoms with Crippen LogP contribution >= 0.6 is 0 Å². The molecule has 1 aliphatic carbocycles. The van der Waals surface area contributed by atoms with Gasteiger partial charge in [0.2, 0.25) is 0 Å². The number of hydrogen-bond acceptors (Lipinski definition) is 1. The van der Waals surface area contributed by atoms with Crippen molar-refractivity contribution >= 4 is 27.8 Å². The number of rotatable bonds is 7. The number of fused-ring (bicyclic) bond motifs is 4. The first-order valence-electron chi connectivity index (χ1n) is 16.5. The molecule has 222 valence electrons. The van der Waals surface area contributed by atoms with Crippen LogP contribution in [0.15, 0.2) is 164 Å². The van der Waals surface area contributed by atoms with Crippen molar-refractivity contribution in [1.82, 2.24) is 0 Å². The van der Waals surface area contributed by atoms with E-state index in [1.807, 2.05) is 0 Å². The van der Waals surface area contributed by atoms with E-state index in [2.05, 4.69) is 183 Å². The molecule has 0 radical (unpaired) electrons. The fourth-order valence-corrected chi connectivity index (χ4v) is 7.94. The maximum Gasteiger partial charge on any atom is 0.0621 e. The van der Waals surface area contributed by atoms with E-state index in [0.29, 0.717) is 0 Å². The zero-order chi connectivity index (χ0) is 31.1. The molecule has 7 aromatic rings. The van der Waals surface area contributed by atoms with Crippen molar-refractivity contribution < 1.29 is 0 Å². The van der Waals surface area contributed by atoms with Crippen LogP contribution in [0, 0.1) is 0 Å². The van der Waals surface area contributed by atoms with Gasteiger partial charge in [-0.2, -0.15) is 0 Å². The minimum Gasteiger partial charge on any atom is -0.309 e. The molecule has 1 aliphatic rings. The van der Waals surface area contributed by atoms with Crippen LogP contribution in [0.4, 0.5) is 17.1 Å². The minimum atomic E-state index is -0.0352. The highest BCUT2D eigenvalue weighted by molar-refractivity contribution is 6.11. The van der Waals surface area contributed by atoms with Gasteiger partial charge in [-0.3, -0.25) is 0 Å². The molecule has 0 amide bonds. The summed E-state index contributed by atoms with van der Waals surface area (Å²) >= 11 is 0. The van der Waals surface area contributed by atoms with E-state index >= 15 is 0 Å². The van der Waals surface area contributed by atoms with Crippen molar-refractivity contribution in [3.63, 3.8) is 0 Å². The van der Waals surface area contributed by atoms with Gasteiger partial charge in [0.25, 0.3) is 0 Å². The third-order valence-corrected chi connectivity index (χ3v) is 10.1. The molecule has 46 heavy (non-hydrogen) atoms. The van der Waals surface area contributed by atoms with E-state index in [-0.39, 0.29) is 5.41 Å². The molecule has 0 N–H and O–H groups in total. The Morgan fingerprint density at radius 3 is 1.78 bits per heavy atom. The summed E-state index contributed by atoms with van der Waals surface area (Å²) in [4.78, 5) is 2.54. The zero-order valence-corrected chi connectivity index (χ0v) is 26.4. The largest absolute Gasteiger partial charge is 0.309 e. The molecule has 7 aromatic carbocycles. The molecule has 0 spiro atoms. The second-order valence-corrected chi connectivity index (χ2v) is 12.3. The third kappa shape index (κ3) is 4.30. The molecule has 0 bridgehead atoms. The van der Waals surface area contributed by atoms with Crippen LogP contribution < -0.4 is 4.90 Å². The highest BCUT2D eigenvalue weighted by Gasteiger charge is 2.43. The average molecular weight is 592 g/mol. The van der Waals surface area contributed by atoms with E-state index in [1.165, 1.54) is 66.7 Å². The van der Waals surface area contributed by atoms with Crippen LogP contribution in [0.1, 0.15) is 37.8 Å². The number of para-hydroxylation sites is 2. The van der Waals surface area contributed by atoms with Gasteiger partial charge in [-0.25, -0.2) is 0 Å². The first-order valence-corrected chi connectivity index (χ1v) is 16.5. The number of benzene rings is 7. The van der Waals surface area contributed by atoms with Crippen molar-refractivity contribution in [2.45, 2.75) is 32.1 Å². The van der Waals surface area contributed by atoms with E-state index in [0.717, 1.165) is 18.5 Å². The Bertz CT molecular complexity index is 2170. The lowest BCUT2D eigenvalue weighted by molar-refractivity contribution is 0.491. The van der Waals surface area contributed by atoms with Gasteiger partial charge >= 0.3 is 0 Å². The lowest BCUT2D eigenvalue weighted by Crippen LogP contribution is -2.23. The molecule has 0 saturated heterocycles. The van der Waals surface area contributed by atoms with Gasteiger partial charge < -0.3 is 4.90 Å². The Labute approximate surface area is 272 Å². The molecule has 8 rings (SSSR count). The number of nitrogens with zero attached hydrogens (tertiary/aromatic N) is 1. The van der Waals surface area contributed by atoms with Crippen molar-refractivity contribution in [2.24, 2.45) is 0 Å². The lowest BCUT2D eigenvalue weighted by atomic mass is 9.73. The van der Waals surface area contributed by atoms with Gasteiger partial charge in [0.15, 0.2) is 0 Å². The first kappa shape index (κ1) is 28.1. The van der Waals surface area contributed by atoms with Crippen LogP contribution in [0.3, 0.4) is 0 Å². The van der Waals surface area contributed by atoms with Crippen LogP contribution in [0.25, 0.3) is 44.2 Å². The molecule has 0 heterocycles. The maximum atomic E-state index is 2.54. The summed E-state index contributed by atoms with van der Waals surface area (Å²) in [6.45, 7) is 4.71. The summed E-state index contributed by atoms with van der Waals surface area (Å²) in [5.41, 5.74) is 14.0. The summed E-state index contributed by atoms with van der Waals surface area (Å²) in [6, 6.07) is 60.0. The summed E-state index contributed by atoms with van der Waals surface area (Å²) in [5.74, 6) is 0. The molecular formula is C45H37N. The molecule has 0 aromatic heterocycles. The molecule has 0 aliphatic heterocycles. The van der Waals surface area contributed by atoms with Crippen LogP contribution in [0.5, 0.6) is 0 Å². The minimum absolute atomic E-state index is 0.0352. The quantitative estimate of drug-likeness (QED) is 0.178. The lowest BCUT2D eigenvalue weighted by Gasteiger charge is -2.33.